The zero-order valence-electron chi connectivity index (χ0n) is 11.5. The molecule has 1 saturated heterocycles. The molecule has 1 aromatic rings. The van der Waals surface area contributed by atoms with Crippen LogP contribution in [0.3, 0.4) is 0 Å². The number of aliphatic hydroxyl groups is 1. The highest BCUT2D eigenvalue weighted by Gasteiger charge is 2.29. The number of aliphatic hydroxyl groups excluding tert-OH is 1. The number of amides is 1. The molecule has 1 fully saturated rings. The second-order valence-corrected chi connectivity index (χ2v) is 5.20. The van der Waals surface area contributed by atoms with Gasteiger partial charge in [-0.2, -0.15) is 0 Å². The van der Waals surface area contributed by atoms with Gasteiger partial charge in [-0.15, -0.1) is 0 Å². The highest BCUT2D eigenvalue weighted by atomic mass is 16.3. The first-order chi connectivity index (χ1) is 9.09. The van der Waals surface area contributed by atoms with Crippen molar-refractivity contribution in [1.82, 2.24) is 10.2 Å². The maximum atomic E-state index is 12.3. The van der Waals surface area contributed by atoms with Crippen molar-refractivity contribution in [1.29, 1.82) is 0 Å². The Morgan fingerprint density at radius 1 is 1.42 bits per heavy atom. The van der Waals surface area contributed by atoms with Gasteiger partial charge < -0.3 is 15.3 Å². The smallest absolute Gasteiger partial charge is 0.225 e. The minimum absolute atomic E-state index is 0.0252. The van der Waals surface area contributed by atoms with Gasteiger partial charge in [0, 0.05) is 25.2 Å². The number of carbonyl (C=O) groups is 1. The summed E-state index contributed by atoms with van der Waals surface area (Å²) in [7, 11) is 0. The Morgan fingerprint density at radius 2 is 2.11 bits per heavy atom. The zero-order chi connectivity index (χ0) is 13.8. The number of nitrogens with zero attached hydrogens (tertiary/aromatic N) is 1. The Bertz CT molecular complexity index is 421. The molecular weight excluding hydrogens is 240 g/mol. The highest BCUT2D eigenvalue weighted by molar-refractivity contribution is 5.77. The summed E-state index contributed by atoms with van der Waals surface area (Å²) in [5.41, 5.74) is 0.798. The van der Waals surface area contributed by atoms with Crippen molar-refractivity contribution >= 4 is 5.91 Å². The molecule has 1 heterocycles. The third-order valence-electron chi connectivity index (χ3n) is 3.91. The molecule has 19 heavy (non-hydrogen) atoms. The molecule has 2 N–H and O–H groups in total. The third kappa shape index (κ3) is 3.33. The molecule has 1 aromatic carbocycles. The summed E-state index contributed by atoms with van der Waals surface area (Å²) in [6.45, 7) is 5.66. The summed E-state index contributed by atoms with van der Waals surface area (Å²) in [4.78, 5) is 14.1. The normalized spacial score (nSPS) is 25.1. The summed E-state index contributed by atoms with van der Waals surface area (Å²) >= 11 is 0. The lowest BCUT2D eigenvalue weighted by molar-refractivity contribution is -0.137. The van der Waals surface area contributed by atoms with Crippen molar-refractivity contribution in [3.63, 3.8) is 0 Å². The van der Waals surface area contributed by atoms with Gasteiger partial charge in [0.2, 0.25) is 5.91 Å². The van der Waals surface area contributed by atoms with Gasteiger partial charge in [0.1, 0.15) is 0 Å². The van der Waals surface area contributed by atoms with Crippen LogP contribution in [0, 0.1) is 0 Å². The second kappa shape index (κ2) is 6.17. The summed E-state index contributed by atoms with van der Waals surface area (Å²) in [6, 6.07) is 9.81. The fourth-order valence-corrected chi connectivity index (χ4v) is 2.48. The lowest BCUT2D eigenvalue weighted by Gasteiger charge is -2.39. The Kier molecular flexibility index (Phi) is 4.56. The molecule has 1 aliphatic heterocycles. The van der Waals surface area contributed by atoms with Crippen molar-refractivity contribution in [2.24, 2.45) is 0 Å². The average molecular weight is 262 g/mol. The first kappa shape index (κ1) is 14.0. The number of benzene rings is 1. The molecule has 104 valence electrons. The van der Waals surface area contributed by atoms with Gasteiger partial charge in [-0.25, -0.2) is 0 Å². The molecule has 0 radical (unpaired) electrons. The molecule has 4 heteroatoms. The molecule has 0 bridgehead atoms. The second-order valence-electron chi connectivity index (χ2n) is 5.20. The van der Waals surface area contributed by atoms with Crippen molar-refractivity contribution in [3.05, 3.63) is 35.9 Å². The van der Waals surface area contributed by atoms with Crippen LogP contribution in [0.1, 0.15) is 31.9 Å². The summed E-state index contributed by atoms with van der Waals surface area (Å²) in [5.74, 6) is 0.0252. The Labute approximate surface area is 114 Å². The zero-order valence-corrected chi connectivity index (χ0v) is 11.5. The third-order valence-corrected chi connectivity index (χ3v) is 3.91. The Morgan fingerprint density at radius 3 is 2.79 bits per heavy atom. The van der Waals surface area contributed by atoms with Gasteiger partial charge in [0.25, 0.3) is 0 Å². The predicted molar refractivity (Wildman–Crippen MR) is 74.7 cm³/mol. The first-order valence-corrected chi connectivity index (χ1v) is 6.85. The van der Waals surface area contributed by atoms with Crippen molar-refractivity contribution in [3.8, 4) is 0 Å². The maximum Gasteiger partial charge on any atom is 0.225 e. The van der Waals surface area contributed by atoms with Crippen LogP contribution in [0.4, 0.5) is 0 Å². The van der Waals surface area contributed by atoms with Gasteiger partial charge in [-0.1, -0.05) is 30.3 Å². The molecule has 1 amide bonds. The van der Waals surface area contributed by atoms with Crippen LogP contribution < -0.4 is 5.32 Å². The summed E-state index contributed by atoms with van der Waals surface area (Å²) < 4.78 is 0. The van der Waals surface area contributed by atoms with E-state index in [1.54, 1.807) is 0 Å². The molecule has 0 aliphatic carbocycles. The van der Waals surface area contributed by atoms with E-state index in [-0.39, 0.29) is 18.4 Å². The van der Waals surface area contributed by atoms with Crippen molar-refractivity contribution in [2.75, 3.05) is 13.1 Å². The van der Waals surface area contributed by atoms with E-state index >= 15 is 0 Å². The van der Waals surface area contributed by atoms with Crippen LogP contribution in [0.2, 0.25) is 0 Å². The minimum atomic E-state index is -0.717. The van der Waals surface area contributed by atoms with Gasteiger partial charge in [0.05, 0.1) is 12.5 Å². The minimum Gasteiger partial charge on any atom is -0.388 e. The molecule has 0 saturated carbocycles. The van der Waals surface area contributed by atoms with Crippen molar-refractivity contribution in [2.45, 2.75) is 38.5 Å². The van der Waals surface area contributed by atoms with E-state index in [0.29, 0.717) is 12.6 Å². The molecule has 2 rings (SSSR count). The van der Waals surface area contributed by atoms with Gasteiger partial charge in [-0.05, 0) is 19.4 Å². The van der Waals surface area contributed by atoms with E-state index in [1.807, 2.05) is 42.2 Å². The summed E-state index contributed by atoms with van der Waals surface area (Å²) in [5, 5.41) is 13.5. The van der Waals surface area contributed by atoms with E-state index < -0.39 is 6.10 Å². The van der Waals surface area contributed by atoms with Crippen LogP contribution in [-0.4, -0.2) is 41.1 Å². The number of hydrogen-bond donors (Lipinski definition) is 2. The highest BCUT2D eigenvalue weighted by Crippen LogP contribution is 2.19. The quantitative estimate of drug-likeness (QED) is 0.864. The largest absolute Gasteiger partial charge is 0.388 e. The van der Waals surface area contributed by atoms with E-state index in [1.165, 1.54) is 0 Å². The molecule has 4 nitrogen and oxygen atoms in total. The molecule has 0 spiro atoms. The average Bonchev–Trinajstić information content (AvgIpc) is 2.42. The van der Waals surface area contributed by atoms with Gasteiger partial charge in [0.15, 0.2) is 0 Å². The molecule has 3 unspecified atom stereocenters. The molecule has 3 atom stereocenters. The number of rotatable bonds is 3. The number of hydrogen-bond acceptors (Lipinski definition) is 3. The SMILES string of the molecule is CC1NCCN(C(=O)CC(O)c2ccccc2)C1C. The van der Waals surface area contributed by atoms with E-state index in [4.69, 9.17) is 0 Å². The summed E-state index contributed by atoms with van der Waals surface area (Å²) in [6.07, 6.45) is -0.563. The lowest BCUT2D eigenvalue weighted by atomic mass is 10.0. The lowest BCUT2D eigenvalue weighted by Crippen LogP contribution is -2.57. The fourth-order valence-electron chi connectivity index (χ4n) is 2.48. The van der Waals surface area contributed by atoms with E-state index in [9.17, 15) is 9.90 Å². The topological polar surface area (TPSA) is 52.6 Å². The van der Waals surface area contributed by atoms with E-state index in [2.05, 4.69) is 12.2 Å². The van der Waals surface area contributed by atoms with Crippen LogP contribution in [-0.2, 0) is 4.79 Å². The van der Waals surface area contributed by atoms with E-state index in [0.717, 1.165) is 12.1 Å². The van der Waals surface area contributed by atoms with Crippen molar-refractivity contribution < 1.29 is 9.90 Å². The molecule has 1 aliphatic rings. The van der Waals surface area contributed by atoms with Gasteiger partial charge >= 0.3 is 0 Å². The van der Waals surface area contributed by atoms with Crippen LogP contribution in [0.25, 0.3) is 0 Å². The number of piperazine rings is 1. The number of carbonyl (C=O) groups excluding carboxylic acids is 1. The first-order valence-electron chi connectivity index (χ1n) is 6.85. The molecule has 0 aromatic heterocycles. The maximum absolute atomic E-state index is 12.3. The van der Waals surface area contributed by atoms with Crippen LogP contribution in [0.5, 0.6) is 0 Å². The van der Waals surface area contributed by atoms with Crippen LogP contribution in [0.15, 0.2) is 30.3 Å². The Balaban J connectivity index is 1.97. The fraction of sp³-hybridized carbons (Fsp3) is 0.533. The molecular formula is C15H22N2O2. The van der Waals surface area contributed by atoms with Gasteiger partial charge in [-0.3, -0.25) is 4.79 Å². The monoisotopic (exact) mass is 262 g/mol. The standard InChI is InChI=1S/C15H22N2O2/c1-11-12(2)17(9-8-16-11)15(19)10-14(18)13-6-4-3-5-7-13/h3-7,11-12,14,16,18H,8-10H2,1-2H3. The predicted octanol–water partition coefficient (Wildman–Crippen LogP) is 1.32. The van der Waals surface area contributed by atoms with Crippen LogP contribution >= 0.6 is 0 Å². The Hall–Kier alpha value is -1.39. The number of nitrogens with one attached hydrogen (secondary N) is 1.